The molecule has 1 heterocycles. The SMILES string of the molecule is CC(/C=C/c1cc(Cl)cc(Cl)c1OCC(=O)O)=C1\SC(=S)NC1=O. The fraction of sp³-hybridized carbons (Fsp3) is 0.133. The fourth-order valence-corrected chi connectivity index (χ4v) is 3.46. The average molecular weight is 404 g/mol. The number of allylic oxidation sites excluding steroid dienone is 2. The molecule has 1 amide bonds. The monoisotopic (exact) mass is 403 g/mol. The molecule has 1 aromatic rings. The van der Waals surface area contributed by atoms with Gasteiger partial charge in [-0.05, 0) is 24.6 Å². The van der Waals surface area contributed by atoms with Crippen LogP contribution in [-0.2, 0) is 9.59 Å². The topological polar surface area (TPSA) is 75.6 Å². The highest BCUT2D eigenvalue weighted by Crippen LogP contribution is 2.34. The number of carboxylic acids is 1. The second-order valence-corrected chi connectivity index (χ2v) is 7.21. The number of aliphatic carboxylic acids is 1. The molecular weight excluding hydrogens is 393 g/mol. The molecule has 1 saturated heterocycles. The summed E-state index contributed by atoms with van der Waals surface area (Å²) < 4.78 is 5.62. The Balaban J connectivity index is 2.34. The van der Waals surface area contributed by atoms with E-state index in [1.54, 1.807) is 25.1 Å². The number of thiocarbonyl (C=S) groups is 1. The number of nitrogens with one attached hydrogen (secondary N) is 1. The quantitative estimate of drug-likeness (QED) is 0.573. The molecule has 0 bridgehead atoms. The van der Waals surface area contributed by atoms with Crippen LogP contribution in [-0.4, -0.2) is 27.9 Å². The highest BCUT2D eigenvalue weighted by Gasteiger charge is 2.23. The summed E-state index contributed by atoms with van der Waals surface area (Å²) in [5.41, 5.74) is 1.19. The molecule has 1 aliphatic rings. The van der Waals surface area contributed by atoms with Crippen LogP contribution in [0.3, 0.4) is 0 Å². The van der Waals surface area contributed by atoms with Gasteiger partial charge in [0.05, 0.1) is 9.93 Å². The van der Waals surface area contributed by atoms with E-state index >= 15 is 0 Å². The van der Waals surface area contributed by atoms with Crippen LogP contribution in [0.2, 0.25) is 10.0 Å². The Labute approximate surface area is 157 Å². The molecule has 0 aromatic heterocycles. The van der Waals surface area contributed by atoms with E-state index in [0.29, 0.717) is 25.4 Å². The van der Waals surface area contributed by atoms with Crippen molar-refractivity contribution >= 4 is 69.5 Å². The third-order valence-electron chi connectivity index (χ3n) is 2.86. The Morgan fingerprint density at radius 3 is 2.75 bits per heavy atom. The Kier molecular flexibility index (Phi) is 6.28. The number of amides is 1. The molecule has 2 rings (SSSR count). The van der Waals surface area contributed by atoms with E-state index < -0.39 is 12.6 Å². The number of halogens is 2. The number of ether oxygens (including phenoxy) is 1. The van der Waals surface area contributed by atoms with Gasteiger partial charge in [-0.25, -0.2) is 4.79 Å². The van der Waals surface area contributed by atoms with E-state index in [4.69, 9.17) is 45.3 Å². The van der Waals surface area contributed by atoms with Crippen molar-refractivity contribution in [1.82, 2.24) is 5.32 Å². The number of carbonyl (C=O) groups is 2. The van der Waals surface area contributed by atoms with E-state index in [2.05, 4.69) is 5.32 Å². The molecule has 1 aromatic carbocycles. The summed E-state index contributed by atoms with van der Waals surface area (Å²) >= 11 is 18.2. The largest absolute Gasteiger partial charge is 0.480 e. The molecular formula is C15H11Cl2NO4S2. The van der Waals surface area contributed by atoms with Crippen molar-refractivity contribution in [2.75, 3.05) is 6.61 Å². The van der Waals surface area contributed by atoms with Crippen molar-refractivity contribution in [3.63, 3.8) is 0 Å². The number of hydrogen-bond donors (Lipinski definition) is 2. The van der Waals surface area contributed by atoms with Crippen LogP contribution < -0.4 is 10.1 Å². The molecule has 9 heteroatoms. The Morgan fingerprint density at radius 1 is 1.46 bits per heavy atom. The number of carboxylic acid groups (broad SMARTS) is 1. The number of hydrogen-bond acceptors (Lipinski definition) is 5. The molecule has 0 spiro atoms. The minimum atomic E-state index is -1.12. The molecule has 0 radical (unpaired) electrons. The first kappa shape index (κ1) is 18.8. The lowest BCUT2D eigenvalue weighted by Gasteiger charge is -2.10. The summed E-state index contributed by atoms with van der Waals surface area (Å²) in [4.78, 5) is 22.9. The molecule has 2 N–H and O–H groups in total. The average Bonchev–Trinajstić information content (AvgIpc) is 2.82. The first-order valence-electron chi connectivity index (χ1n) is 6.53. The van der Waals surface area contributed by atoms with Gasteiger partial charge in [-0.1, -0.05) is 59.3 Å². The van der Waals surface area contributed by atoms with Gasteiger partial charge in [0.25, 0.3) is 5.91 Å². The second kappa shape index (κ2) is 8.02. The summed E-state index contributed by atoms with van der Waals surface area (Å²) in [5, 5.41) is 11.9. The van der Waals surface area contributed by atoms with Gasteiger partial charge >= 0.3 is 5.97 Å². The van der Waals surface area contributed by atoms with Crippen molar-refractivity contribution in [3.05, 3.63) is 44.3 Å². The van der Waals surface area contributed by atoms with Crippen LogP contribution in [0.25, 0.3) is 6.08 Å². The van der Waals surface area contributed by atoms with E-state index in [1.807, 2.05) is 0 Å². The third kappa shape index (κ3) is 4.73. The van der Waals surface area contributed by atoms with Crippen molar-refractivity contribution in [2.45, 2.75) is 6.92 Å². The fourth-order valence-electron chi connectivity index (χ4n) is 1.85. The molecule has 1 aliphatic heterocycles. The van der Waals surface area contributed by atoms with Crippen LogP contribution in [0.15, 0.2) is 28.7 Å². The zero-order chi connectivity index (χ0) is 17.9. The predicted molar refractivity (Wildman–Crippen MR) is 99.7 cm³/mol. The zero-order valence-electron chi connectivity index (χ0n) is 12.3. The molecule has 5 nitrogen and oxygen atoms in total. The van der Waals surface area contributed by atoms with Crippen LogP contribution in [0.5, 0.6) is 5.75 Å². The van der Waals surface area contributed by atoms with Gasteiger partial charge < -0.3 is 15.2 Å². The first-order valence-corrected chi connectivity index (χ1v) is 8.51. The van der Waals surface area contributed by atoms with Crippen molar-refractivity contribution < 1.29 is 19.4 Å². The van der Waals surface area contributed by atoms with Crippen molar-refractivity contribution in [3.8, 4) is 5.75 Å². The summed E-state index contributed by atoms with van der Waals surface area (Å²) in [7, 11) is 0. The van der Waals surface area contributed by atoms with Gasteiger partial charge in [0, 0.05) is 10.6 Å². The second-order valence-electron chi connectivity index (χ2n) is 4.68. The van der Waals surface area contributed by atoms with Crippen LogP contribution in [0.1, 0.15) is 12.5 Å². The van der Waals surface area contributed by atoms with E-state index in [0.717, 1.165) is 0 Å². The van der Waals surface area contributed by atoms with E-state index in [-0.39, 0.29) is 16.7 Å². The molecule has 24 heavy (non-hydrogen) atoms. The molecule has 0 atom stereocenters. The standard InChI is InChI=1S/C15H11Cl2NO4S2/c1-7(13-14(21)18-15(23)24-13)2-3-8-4-9(16)5-10(17)12(8)22-6-11(19)20/h2-5H,6H2,1H3,(H,19,20)(H,18,21,23)/b3-2+,13-7+. The molecule has 0 aliphatic carbocycles. The van der Waals surface area contributed by atoms with Crippen LogP contribution >= 0.6 is 47.2 Å². The van der Waals surface area contributed by atoms with E-state index in [9.17, 15) is 9.59 Å². The van der Waals surface area contributed by atoms with Crippen molar-refractivity contribution in [1.29, 1.82) is 0 Å². The number of benzene rings is 1. The van der Waals surface area contributed by atoms with Gasteiger partial charge in [-0.2, -0.15) is 0 Å². The maximum absolute atomic E-state index is 11.7. The van der Waals surface area contributed by atoms with Gasteiger partial charge in [0.2, 0.25) is 0 Å². The zero-order valence-corrected chi connectivity index (χ0v) is 15.4. The maximum atomic E-state index is 11.7. The Morgan fingerprint density at radius 2 is 2.17 bits per heavy atom. The van der Waals surface area contributed by atoms with Crippen LogP contribution in [0.4, 0.5) is 0 Å². The number of carbonyl (C=O) groups excluding carboxylic acids is 1. The van der Waals surface area contributed by atoms with E-state index in [1.165, 1.54) is 17.8 Å². The van der Waals surface area contributed by atoms with Gasteiger partial charge in [-0.3, -0.25) is 4.79 Å². The number of thioether (sulfide) groups is 1. The summed E-state index contributed by atoms with van der Waals surface area (Å²) in [6, 6.07) is 3.05. The highest BCUT2D eigenvalue weighted by atomic mass is 35.5. The smallest absolute Gasteiger partial charge is 0.341 e. The summed E-state index contributed by atoms with van der Waals surface area (Å²) in [5.74, 6) is -1.17. The molecule has 0 unspecified atom stereocenters. The predicted octanol–water partition coefficient (Wildman–Crippen LogP) is 3.89. The lowest BCUT2D eigenvalue weighted by Crippen LogP contribution is -2.18. The lowest BCUT2D eigenvalue weighted by atomic mass is 10.1. The molecule has 1 fully saturated rings. The van der Waals surface area contributed by atoms with Gasteiger partial charge in [-0.15, -0.1) is 0 Å². The van der Waals surface area contributed by atoms with Gasteiger partial charge in [0.15, 0.2) is 6.61 Å². The Bertz CT molecular complexity index is 790. The number of rotatable bonds is 5. The maximum Gasteiger partial charge on any atom is 0.341 e. The molecule has 0 saturated carbocycles. The van der Waals surface area contributed by atoms with Crippen LogP contribution in [0, 0.1) is 0 Å². The minimum absolute atomic E-state index is 0.197. The van der Waals surface area contributed by atoms with Gasteiger partial charge in [0.1, 0.15) is 10.1 Å². The summed E-state index contributed by atoms with van der Waals surface area (Å²) in [6.45, 7) is 1.23. The Hall–Kier alpha value is -1.54. The normalized spacial score (nSPS) is 16.5. The minimum Gasteiger partial charge on any atom is -0.480 e. The third-order valence-corrected chi connectivity index (χ3v) is 4.71. The highest BCUT2D eigenvalue weighted by molar-refractivity contribution is 8.26. The summed E-state index contributed by atoms with van der Waals surface area (Å²) in [6.07, 6.45) is 3.33. The lowest BCUT2D eigenvalue weighted by molar-refractivity contribution is -0.139. The van der Waals surface area contributed by atoms with Crippen molar-refractivity contribution in [2.24, 2.45) is 0 Å². The first-order chi connectivity index (χ1) is 11.3. The molecule has 126 valence electrons.